The summed E-state index contributed by atoms with van der Waals surface area (Å²) in [6.07, 6.45) is 9.18. The lowest BCUT2D eigenvalue weighted by atomic mass is 10.00. The third-order valence-corrected chi connectivity index (χ3v) is 4.91. The predicted octanol–water partition coefficient (Wildman–Crippen LogP) is 4.67. The number of ether oxygens (including phenoxy) is 1. The number of benzene rings is 2. The molecule has 0 aromatic heterocycles. The van der Waals surface area contributed by atoms with E-state index >= 15 is 0 Å². The van der Waals surface area contributed by atoms with Crippen LogP contribution in [0, 0.1) is 5.82 Å². The fraction of sp³-hybridized carbons (Fsp3) is 0.273. The van der Waals surface area contributed by atoms with Crippen molar-refractivity contribution < 1.29 is 9.13 Å². The zero-order valence-electron chi connectivity index (χ0n) is 14.9. The van der Waals surface area contributed by atoms with Crippen LogP contribution in [0.3, 0.4) is 0 Å². The summed E-state index contributed by atoms with van der Waals surface area (Å²) in [7, 11) is 2.13. The molecule has 0 N–H and O–H groups in total. The van der Waals surface area contributed by atoms with Gasteiger partial charge in [-0.05, 0) is 48.5 Å². The molecule has 3 nitrogen and oxygen atoms in total. The van der Waals surface area contributed by atoms with Crippen LogP contribution in [0.2, 0.25) is 0 Å². The molecule has 26 heavy (non-hydrogen) atoms. The molecule has 0 saturated heterocycles. The van der Waals surface area contributed by atoms with Crippen LogP contribution in [-0.2, 0) is 6.54 Å². The highest BCUT2D eigenvalue weighted by Crippen LogP contribution is 2.33. The molecule has 2 aromatic carbocycles. The molecule has 0 aliphatic carbocycles. The van der Waals surface area contributed by atoms with Crippen molar-refractivity contribution in [3.05, 3.63) is 83.8 Å². The Kier molecular flexibility index (Phi) is 4.76. The fourth-order valence-electron chi connectivity index (χ4n) is 3.57. The van der Waals surface area contributed by atoms with Crippen LogP contribution in [0.4, 0.5) is 10.1 Å². The Morgan fingerprint density at radius 3 is 2.85 bits per heavy atom. The standard InChI is InChI=1S/C22H23FN2O/c1-24-13-10-22(26-20-7-5-6-18(23)15-20)21-9-8-19(14-17(21)16-24)25-11-3-2-4-12-25/h2-9,11,14-15,22H,10,12-13,16H2,1H3. The Bertz CT molecular complexity index is 846. The lowest BCUT2D eigenvalue weighted by Crippen LogP contribution is -2.19. The van der Waals surface area contributed by atoms with E-state index in [1.807, 2.05) is 6.07 Å². The van der Waals surface area contributed by atoms with E-state index in [0.29, 0.717) is 5.75 Å². The number of hydrogen-bond donors (Lipinski definition) is 0. The van der Waals surface area contributed by atoms with Gasteiger partial charge in [0, 0.05) is 44.0 Å². The van der Waals surface area contributed by atoms with Crippen molar-refractivity contribution in [3.8, 4) is 5.75 Å². The fourth-order valence-corrected chi connectivity index (χ4v) is 3.57. The molecule has 1 unspecified atom stereocenters. The summed E-state index contributed by atoms with van der Waals surface area (Å²) >= 11 is 0. The number of allylic oxidation sites excluding steroid dienone is 2. The first-order valence-corrected chi connectivity index (χ1v) is 9.02. The summed E-state index contributed by atoms with van der Waals surface area (Å²) in [5.41, 5.74) is 3.65. The van der Waals surface area contributed by atoms with E-state index < -0.39 is 0 Å². The number of halogens is 1. The van der Waals surface area contributed by atoms with E-state index in [2.05, 4.69) is 59.5 Å². The Hall–Kier alpha value is -2.59. The highest BCUT2D eigenvalue weighted by Gasteiger charge is 2.23. The molecule has 0 fully saturated rings. The van der Waals surface area contributed by atoms with Gasteiger partial charge in [0.15, 0.2) is 0 Å². The molecule has 0 saturated carbocycles. The smallest absolute Gasteiger partial charge is 0.126 e. The lowest BCUT2D eigenvalue weighted by molar-refractivity contribution is 0.182. The second-order valence-corrected chi connectivity index (χ2v) is 6.90. The maximum Gasteiger partial charge on any atom is 0.126 e. The van der Waals surface area contributed by atoms with Gasteiger partial charge in [0.25, 0.3) is 0 Å². The predicted molar refractivity (Wildman–Crippen MR) is 103 cm³/mol. The third kappa shape index (κ3) is 3.65. The van der Waals surface area contributed by atoms with Gasteiger partial charge in [-0.3, -0.25) is 0 Å². The van der Waals surface area contributed by atoms with Crippen LogP contribution < -0.4 is 9.64 Å². The third-order valence-electron chi connectivity index (χ3n) is 4.91. The quantitative estimate of drug-likeness (QED) is 0.800. The molecule has 134 valence electrons. The number of nitrogens with zero attached hydrogens (tertiary/aromatic N) is 2. The largest absolute Gasteiger partial charge is 0.486 e. The monoisotopic (exact) mass is 350 g/mol. The molecular weight excluding hydrogens is 327 g/mol. The second-order valence-electron chi connectivity index (χ2n) is 6.90. The normalized spacial score (nSPS) is 19.9. The highest BCUT2D eigenvalue weighted by atomic mass is 19.1. The molecule has 4 rings (SSSR count). The molecule has 4 heteroatoms. The summed E-state index contributed by atoms with van der Waals surface area (Å²) in [6.45, 7) is 2.71. The first-order chi connectivity index (χ1) is 12.7. The molecule has 0 bridgehead atoms. The summed E-state index contributed by atoms with van der Waals surface area (Å²) in [4.78, 5) is 4.54. The zero-order valence-corrected chi connectivity index (χ0v) is 14.9. The van der Waals surface area contributed by atoms with Gasteiger partial charge < -0.3 is 14.5 Å². The zero-order chi connectivity index (χ0) is 17.9. The van der Waals surface area contributed by atoms with Crippen molar-refractivity contribution in [2.45, 2.75) is 19.1 Å². The van der Waals surface area contributed by atoms with E-state index in [4.69, 9.17) is 4.74 Å². The van der Waals surface area contributed by atoms with E-state index in [1.165, 1.54) is 28.9 Å². The van der Waals surface area contributed by atoms with Crippen molar-refractivity contribution in [1.82, 2.24) is 4.90 Å². The molecule has 1 atom stereocenters. The van der Waals surface area contributed by atoms with Crippen LogP contribution in [-0.4, -0.2) is 25.0 Å². The van der Waals surface area contributed by atoms with Crippen molar-refractivity contribution in [3.63, 3.8) is 0 Å². The minimum atomic E-state index is -0.270. The Labute approximate surface area is 154 Å². The Morgan fingerprint density at radius 2 is 2.04 bits per heavy atom. The first kappa shape index (κ1) is 16.9. The minimum absolute atomic E-state index is 0.0670. The highest BCUT2D eigenvalue weighted by molar-refractivity contribution is 5.55. The molecular formula is C22H23FN2O. The number of anilines is 1. The van der Waals surface area contributed by atoms with Gasteiger partial charge in [0.05, 0.1) is 0 Å². The van der Waals surface area contributed by atoms with Crippen molar-refractivity contribution in [2.75, 3.05) is 25.0 Å². The van der Waals surface area contributed by atoms with E-state index in [-0.39, 0.29) is 11.9 Å². The number of hydrogen-bond acceptors (Lipinski definition) is 3. The van der Waals surface area contributed by atoms with Crippen LogP contribution >= 0.6 is 0 Å². The maximum absolute atomic E-state index is 13.5. The van der Waals surface area contributed by atoms with Crippen LogP contribution in [0.25, 0.3) is 0 Å². The maximum atomic E-state index is 13.5. The summed E-state index contributed by atoms with van der Waals surface area (Å²) in [5.74, 6) is 0.312. The lowest BCUT2D eigenvalue weighted by Gasteiger charge is -2.24. The van der Waals surface area contributed by atoms with Gasteiger partial charge in [0.1, 0.15) is 17.7 Å². The average molecular weight is 350 g/mol. The Balaban J connectivity index is 1.64. The van der Waals surface area contributed by atoms with E-state index in [9.17, 15) is 4.39 Å². The van der Waals surface area contributed by atoms with E-state index in [0.717, 1.165) is 26.1 Å². The van der Waals surface area contributed by atoms with Gasteiger partial charge in [-0.25, -0.2) is 4.39 Å². The van der Waals surface area contributed by atoms with Gasteiger partial charge >= 0.3 is 0 Å². The molecule has 2 aromatic rings. The molecule has 2 aliphatic heterocycles. The SMILES string of the molecule is CN1CCC(Oc2cccc(F)c2)c2ccc(N3C=CC=CC3)cc2C1. The van der Waals surface area contributed by atoms with E-state index in [1.54, 1.807) is 6.07 Å². The van der Waals surface area contributed by atoms with Crippen LogP contribution in [0.5, 0.6) is 5.75 Å². The molecule has 0 amide bonds. The van der Waals surface area contributed by atoms with Gasteiger partial charge in [-0.1, -0.05) is 24.3 Å². The molecule has 2 aliphatic rings. The second kappa shape index (κ2) is 7.34. The van der Waals surface area contributed by atoms with Crippen LogP contribution in [0.1, 0.15) is 23.7 Å². The minimum Gasteiger partial charge on any atom is -0.486 e. The summed E-state index contributed by atoms with van der Waals surface area (Å²) < 4.78 is 19.7. The number of fused-ring (bicyclic) bond motifs is 1. The molecule has 0 radical (unpaired) electrons. The number of rotatable bonds is 3. The molecule has 0 spiro atoms. The first-order valence-electron chi connectivity index (χ1n) is 9.02. The Morgan fingerprint density at radius 1 is 1.12 bits per heavy atom. The molecule has 2 heterocycles. The van der Waals surface area contributed by atoms with Gasteiger partial charge in [-0.15, -0.1) is 0 Å². The van der Waals surface area contributed by atoms with Crippen molar-refractivity contribution in [2.24, 2.45) is 0 Å². The summed E-state index contributed by atoms with van der Waals surface area (Å²) in [6, 6.07) is 13.0. The van der Waals surface area contributed by atoms with Crippen LogP contribution in [0.15, 0.2) is 66.9 Å². The topological polar surface area (TPSA) is 15.7 Å². The van der Waals surface area contributed by atoms with Gasteiger partial charge in [-0.2, -0.15) is 0 Å². The van der Waals surface area contributed by atoms with Crippen molar-refractivity contribution >= 4 is 5.69 Å². The van der Waals surface area contributed by atoms with Gasteiger partial charge in [0.2, 0.25) is 0 Å². The average Bonchev–Trinajstić information content (AvgIpc) is 2.81. The van der Waals surface area contributed by atoms with Crippen molar-refractivity contribution in [1.29, 1.82) is 0 Å². The summed E-state index contributed by atoms with van der Waals surface area (Å²) in [5, 5.41) is 0.